The molecule has 1 N–H and O–H groups in total. The van der Waals surface area contributed by atoms with Gasteiger partial charge in [-0.25, -0.2) is 4.68 Å². The smallest absolute Gasteiger partial charge is 0.257 e. The number of aromatic nitrogens is 2. The molecule has 7 nitrogen and oxygen atoms in total. The first kappa shape index (κ1) is 24.0. The zero-order valence-electron chi connectivity index (χ0n) is 20.5. The van der Waals surface area contributed by atoms with E-state index in [2.05, 4.69) is 10.2 Å². The Morgan fingerprint density at radius 1 is 0.917 bits per heavy atom. The van der Waals surface area contributed by atoms with E-state index in [9.17, 15) is 9.59 Å². The Balaban J connectivity index is 1.26. The number of anilines is 1. The summed E-state index contributed by atoms with van der Waals surface area (Å²) in [7, 11) is 0. The van der Waals surface area contributed by atoms with E-state index >= 15 is 0 Å². The summed E-state index contributed by atoms with van der Waals surface area (Å²) >= 11 is 1.57. The molecular weight excluding hydrogens is 470 g/mol. The maximum absolute atomic E-state index is 13.6. The van der Waals surface area contributed by atoms with Crippen molar-refractivity contribution in [3.63, 3.8) is 0 Å². The molecule has 0 spiro atoms. The van der Waals surface area contributed by atoms with Gasteiger partial charge in [0.05, 0.1) is 22.7 Å². The van der Waals surface area contributed by atoms with Crippen LogP contribution < -0.4 is 5.32 Å². The molecule has 184 valence electrons. The standard InChI is InChI=1S/C28H29N5O2S/c1-20-8-6-9-21(2)26(20)29-25(34)19-31-13-15-32(16-14-31)28(35)23-18-33(22-10-4-3-5-11-22)30-27(23)24-12-7-17-36-24/h3-12,17-18H,13-16,19H2,1-2H3,(H,29,34). The van der Waals surface area contributed by atoms with Crippen molar-refractivity contribution in [3.05, 3.63) is 88.9 Å². The average molecular weight is 500 g/mol. The van der Waals surface area contributed by atoms with Gasteiger partial charge in [-0.3, -0.25) is 14.5 Å². The molecule has 3 heterocycles. The summed E-state index contributed by atoms with van der Waals surface area (Å²) in [5, 5.41) is 9.81. The number of carbonyl (C=O) groups excluding carboxylic acids is 2. The molecule has 1 aliphatic rings. The second-order valence-electron chi connectivity index (χ2n) is 9.03. The van der Waals surface area contributed by atoms with Crippen LogP contribution in [0.1, 0.15) is 21.5 Å². The predicted octanol–water partition coefficient (Wildman–Crippen LogP) is 4.61. The normalized spacial score (nSPS) is 14.1. The number of benzene rings is 2. The SMILES string of the molecule is Cc1cccc(C)c1NC(=O)CN1CCN(C(=O)c2cn(-c3ccccc3)nc2-c2cccs2)CC1. The predicted molar refractivity (Wildman–Crippen MR) is 144 cm³/mol. The van der Waals surface area contributed by atoms with E-state index in [1.54, 1.807) is 16.0 Å². The maximum Gasteiger partial charge on any atom is 0.257 e. The summed E-state index contributed by atoms with van der Waals surface area (Å²) in [6.45, 7) is 6.73. The van der Waals surface area contributed by atoms with Crippen LogP contribution in [0.4, 0.5) is 5.69 Å². The largest absolute Gasteiger partial charge is 0.336 e. The molecule has 0 bridgehead atoms. The third kappa shape index (κ3) is 5.10. The number of hydrogen-bond acceptors (Lipinski definition) is 5. The van der Waals surface area contributed by atoms with Crippen molar-refractivity contribution in [3.8, 4) is 16.3 Å². The number of nitrogens with zero attached hydrogens (tertiary/aromatic N) is 4. The molecule has 2 aromatic heterocycles. The first-order valence-electron chi connectivity index (χ1n) is 12.1. The number of rotatable bonds is 6. The van der Waals surface area contributed by atoms with Gasteiger partial charge >= 0.3 is 0 Å². The number of nitrogens with one attached hydrogen (secondary N) is 1. The van der Waals surface area contributed by atoms with Crippen LogP contribution in [0.25, 0.3) is 16.3 Å². The van der Waals surface area contributed by atoms with E-state index in [-0.39, 0.29) is 11.8 Å². The Labute approximate surface area is 215 Å². The lowest BCUT2D eigenvalue weighted by molar-refractivity contribution is -0.117. The Morgan fingerprint density at radius 3 is 2.31 bits per heavy atom. The highest BCUT2D eigenvalue weighted by Gasteiger charge is 2.27. The van der Waals surface area contributed by atoms with Crippen molar-refractivity contribution in [2.45, 2.75) is 13.8 Å². The van der Waals surface area contributed by atoms with Crippen molar-refractivity contribution in [2.24, 2.45) is 0 Å². The molecule has 0 atom stereocenters. The molecule has 0 unspecified atom stereocenters. The first-order chi connectivity index (χ1) is 17.5. The van der Waals surface area contributed by atoms with Crippen LogP contribution in [0, 0.1) is 13.8 Å². The van der Waals surface area contributed by atoms with Gasteiger partial charge in [0.25, 0.3) is 5.91 Å². The van der Waals surface area contributed by atoms with Crippen molar-refractivity contribution in [2.75, 3.05) is 38.0 Å². The highest BCUT2D eigenvalue weighted by Crippen LogP contribution is 2.29. The summed E-state index contributed by atoms with van der Waals surface area (Å²) in [4.78, 5) is 31.2. The fourth-order valence-corrected chi connectivity index (χ4v) is 5.24. The Morgan fingerprint density at radius 2 is 1.64 bits per heavy atom. The van der Waals surface area contributed by atoms with Crippen LogP contribution in [-0.4, -0.2) is 64.1 Å². The minimum atomic E-state index is -0.0312. The van der Waals surface area contributed by atoms with E-state index < -0.39 is 0 Å². The van der Waals surface area contributed by atoms with Gasteiger partial charge in [0.2, 0.25) is 5.91 Å². The Bertz CT molecular complexity index is 1340. The molecule has 1 fully saturated rings. The van der Waals surface area contributed by atoms with Crippen LogP contribution in [-0.2, 0) is 4.79 Å². The monoisotopic (exact) mass is 499 g/mol. The van der Waals surface area contributed by atoms with E-state index in [1.807, 2.05) is 91.0 Å². The number of thiophene rings is 1. The van der Waals surface area contributed by atoms with Crippen LogP contribution in [0.15, 0.2) is 72.2 Å². The van der Waals surface area contributed by atoms with Gasteiger partial charge < -0.3 is 10.2 Å². The molecule has 2 aromatic carbocycles. The van der Waals surface area contributed by atoms with Gasteiger partial charge in [-0.2, -0.15) is 5.10 Å². The molecule has 0 saturated carbocycles. The number of para-hydroxylation sites is 2. The lowest BCUT2D eigenvalue weighted by atomic mass is 10.1. The van der Waals surface area contributed by atoms with Crippen molar-refractivity contribution in [1.29, 1.82) is 0 Å². The minimum Gasteiger partial charge on any atom is -0.336 e. The Hall–Kier alpha value is -3.75. The number of carbonyl (C=O) groups is 2. The van der Waals surface area contributed by atoms with Crippen LogP contribution in [0.5, 0.6) is 0 Å². The fraction of sp³-hybridized carbons (Fsp3) is 0.250. The molecule has 1 aliphatic heterocycles. The zero-order chi connectivity index (χ0) is 25.1. The number of amides is 2. The highest BCUT2D eigenvalue weighted by molar-refractivity contribution is 7.13. The Kier molecular flexibility index (Phi) is 6.97. The fourth-order valence-electron chi connectivity index (χ4n) is 4.51. The number of piperazine rings is 1. The lowest BCUT2D eigenvalue weighted by Gasteiger charge is -2.34. The average Bonchev–Trinajstić information content (AvgIpc) is 3.57. The third-order valence-electron chi connectivity index (χ3n) is 6.49. The summed E-state index contributed by atoms with van der Waals surface area (Å²) in [6, 6.07) is 19.8. The van der Waals surface area contributed by atoms with Gasteiger partial charge in [-0.15, -0.1) is 11.3 Å². The molecule has 1 saturated heterocycles. The van der Waals surface area contributed by atoms with Gasteiger partial charge in [0.15, 0.2) is 0 Å². The van der Waals surface area contributed by atoms with E-state index in [0.717, 1.165) is 27.4 Å². The highest BCUT2D eigenvalue weighted by atomic mass is 32.1. The molecule has 2 amide bonds. The molecule has 0 radical (unpaired) electrons. The van der Waals surface area contributed by atoms with E-state index in [0.29, 0.717) is 44.0 Å². The van der Waals surface area contributed by atoms with Crippen molar-refractivity contribution in [1.82, 2.24) is 19.6 Å². The van der Waals surface area contributed by atoms with Crippen molar-refractivity contribution >= 4 is 28.8 Å². The van der Waals surface area contributed by atoms with Gasteiger partial charge in [-0.05, 0) is 48.6 Å². The maximum atomic E-state index is 13.6. The number of aryl methyl sites for hydroxylation is 2. The summed E-state index contributed by atoms with van der Waals surface area (Å²) in [5.74, 6) is -0.0588. The van der Waals surface area contributed by atoms with Crippen LogP contribution in [0.3, 0.4) is 0 Å². The topological polar surface area (TPSA) is 70.5 Å². The second-order valence-corrected chi connectivity index (χ2v) is 9.98. The molecular formula is C28H29N5O2S. The molecule has 4 aromatic rings. The van der Waals surface area contributed by atoms with Gasteiger partial charge in [0, 0.05) is 38.1 Å². The summed E-state index contributed by atoms with van der Waals surface area (Å²) in [6.07, 6.45) is 1.83. The van der Waals surface area contributed by atoms with Crippen molar-refractivity contribution < 1.29 is 9.59 Å². The van der Waals surface area contributed by atoms with Gasteiger partial charge in [-0.1, -0.05) is 42.5 Å². The minimum absolute atomic E-state index is 0.0276. The zero-order valence-corrected chi connectivity index (χ0v) is 21.3. The van der Waals surface area contributed by atoms with E-state index in [1.165, 1.54) is 0 Å². The number of hydrogen-bond donors (Lipinski definition) is 1. The molecule has 36 heavy (non-hydrogen) atoms. The molecule has 0 aliphatic carbocycles. The lowest BCUT2D eigenvalue weighted by Crippen LogP contribution is -2.50. The first-order valence-corrected chi connectivity index (χ1v) is 12.9. The van der Waals surface area contributed by atoms with Crippen LogP contribution >= 0.6 is 11.3 Å². The van der Waals surface area contributed by atoms with E-state index in [4.69, 9.17) is 5.10 Å². The molecule has 8 heteroatoms. The second kappa shape index (κ2) is 10.5. The third-order valence-corrected chi connectivity index (χ3v) is 7.37. The summed E-state index contributed by atoms with van der Waals surface area (Å²) < 4.78 is 1.77. The van der Waals surface area contributed by atoms with Crippen LogP contribution in [0.2, 0.25) is 0 Å². The molecule has 5 rings (SSSR count). The van der Waals surface area contributed by atoms with Gasteiger partial charge in [0.1, 0.15) is 5.69 Å². The summed E-state index contributed by atoms with van der Waals surface area (Å²) in [5.41, 5.74) is 5.20. The quantitative estimate of drug-likeness (QED) is 0.421.